The van der Waals surface area contributed by atoms with Gasteiger partial charge in [-0.2, -0.15) is 5.10 Å². The number of carbonyl (C=O) groups is 1. The Morgan fingerprint density at radius 1 is 1.32 bits per heavy atom. The molecule has 0 radical (unpaired) electrons. The van der Waals surface area contributed by atoms with E-state index < -0.39 is 0 Å². The second-order valence-electron chi connectivity index (χ2n) is 6.93. The molecule has 2 saturated heterocycles. The van der Waals surface area contributed by atoms with Crippen LogP contribution in [0.4, 0.5) is 0 Å². The highest BCUT2D eigenvalue weighted by atomic mass is 16.2. The largest absolute Gasteiger partial charge is 0.340 e. The molecule has 22 heavy (non-hydrogen) atoms. The molecule has 0 N–H and O–H groups in total. The fraction of sp³-hybridized carbons (Fsp3) is 0.812. The quantitative estimate of drug-likeness (QED) is 0.846. The highest BCUT2D eigenvalue weighted by molar-refractivity contribution is 5.84. The number of aromatic nitrogens is 3. The van der Waals surface area contributed by atoms with Gasteiger partial charge in [-0.05, 0) is 46.6 Å². The molecule has 2 fully saturated rings. The molecule has 122 valence electrons. The Balaban J connectivity index is 1.69. The van der Waals surface area contributed by atoms with Gasteiger partial charge in [0.1, 0.15) is 12.2 Å². The molecule has 3 rings (SSSR count). The van der Waals surface area contributed by atoms with Gasteiger partial charge in [0.15, 0.2) is 0 Å². The first-order valence-corrected chi connectivity index (χ1v) is 8.46. The van der Waals surface area contributed by atoms with Crippen LogP contribution in [0.5, 0.6) is 0 Å². The number of likely N-dealkylation sites (tertiary alicyclic amines) is 2. The van der Waals surface area contributed by atoms with Gasteiger partial charge in [0.05, 0.1) is 12.0 Å². The van der Waals surface area contributed by atoms with E-state index in [4.69, 9.17) is 0 Å². The molecule has 1 atom stereocenters. The molecule has 2 aliphatic rings. The molecule has 0 bridgehead atoms. The first-order chi connectivity index (χ1) is 10.6. The molecular formula is C16H27N5O. The summed E-state index contributed by atoms with van der Waals surface area (Å²) in [5.41, 5.74) is -0.153. The number of nitrogens with zero attached hydrogens (tertiary/aromatic N) is 5. The third-order valence-electron chi connectivity index (χ3n) is 5.19. The summed E-state index contributed by atoms with van der Waals surface area (Å²) >= 11 is 0. The molecular weight excluding hydrogens is 278 g/mol. The van der Waals surface area contributed by atoms with E-state index in [2.05, 4.69) is 40.7 Å². The molecule has 0 saturated carbocycles. The lowest BCUT2D eigenvalue weighted by atomic mass is 9.78. The van der Waals surface area contributed by atoms with Gasteiger partial charge in [0.2, 0.25) is 5.91 Å². The third kappa shape index (κ3) is 2.64. The summed E-state index contributed by atoms with van der Waals surface area (Å²) in [6, 6.07) is 0.307. The van der Waals surface area contributed by atoms with Crippen molar-refractivity contribution < 1.29 is 4.79 Å². The maximum Gasteiger partial charge on any atom is 0.230 e. The van der Waals surface area contributed by atoms with Crippen molar-refractivity contribution in [3.63, 3.8) is 0 Å². The van der Waals surface area contributed by atoms with Gasteiger partial charge in [-0.25, -0.2) is 9.67 Å². The predicted octanol–water partition coefficient (Wildman–Crippen LogP) is 1.52. The summed E-state index contributed by atoms with van der Waals surface area (Å²) in [5.74, 6) is 1.37. The number of aryl methyl sites for hydroxylation is 1. The van der Waals surface area contributed by atoms with E-state index in [0.29, 0.717) is 11.9 Å². The number of rotatable bonds is 4. The Bertz CT molecular complexity index is 540. The second kappa shape index (κ2) is 5.99. The molecule has 6 heteroatoms. The zero-order valence-corrected chi connectivity index (χ0v) is 14.0. The van der Waals surface area contributed by atoms with Crippen molar-refractivity contribution in [2.24, 2.45) is 5.41 Å². The second-order valence-corrected chi connectivity index (χ2v) is 6.93. The number of hydrogen-bond donors (Lipinski definition) is 0. The topological polar surface area (TPSA) is 54.3 Å². The Morgan fingerprint density at radius 2 is 2.14 bits per heavy atom. The summed E-state index contributed by atoms with van der Waals surface area (Å²) in [6.07, 6.45) is 4.77. The summed E-state index contributed by atoms with van der Waals surface area (Å²) in [6.45, 7) is 10.7. The zero-order chi connectivity index (χ0) is 15.7. The van der Waals surface area contributed by atoms with Crippen molar-refractivity contribution in [1.29, 1.82) is 0 Å². The maximum absolute atomic E-state index is 12.9. The summed E-state index contributed by atoms with van der Waals surface area (Å²) in [7, 11) is 0. The normalized spacial score (nSPS) is 26.5. The first-order valence-electron chi connectivity index (χ1n) is 8.46. The molecule has 2 aliphatic heterocycles. The van der Waals surface area contributed by atoms with Gasteiger partial charge >= 0.3 is 0 Å². The third-order valence-corrected chi connectivity index (χ3v) is 5.19. The van der Waals surface area contributed by atoms with Crippen molar-refractivity contribution >= 4 is 5.91 Å². The van der Waals surface area contributed by atoms with Gasteiger partial charge in [-0.3, -0.25) is 9.69 Å². The lowest BCUT2D eigenvalue weighted by Gasteiger charge is -2.41. The van der Waals surface area contributed by atoms with E-state index in [-0.39, 0.29) is 5.41 Å². The number of amides is 1. The Labute approximate surface area is 132 Å². The summed E-state index contributed by atoms with van der Waals surface area (Å²) in [4.78, 5) is 21.7. The monoisotopic (exact) mass is 305 g/mol. The van der Waals surface area contributed by atoms with E-state index >= 15 is 0 Å². The molecule has 0 aliphatic carbocycles. The lowest BCUT2D eigenvalue weighted by Crippen LogP contribution is -2.52. The number of hydrogen-bond acceptors (Lipinski definition) is 4. The SMILES string of the molecule is CCn1ncnc1CN1CC[C@]2(CCCN(C(C)C)C2=O)C1. The number of carbonyl (C=O) groups excluding carboxylic acids is 1. The highest BCUT2D eigenvalue weighted by Gasteiger charge is 2.48. The molecule has 0 unspecified atom stereocenters. The van der Waals surface area contributed by atoms with Crippen LogP contribution in [0.2, 0.25) is 0 Å². The van der Waals surface area contributed by atoms with Crippen LogP contribution in [0.1, 0.15) is 45.9 Å². The minimum Gasteiger partial charge on any atom is -0.340 e. The van der Waals surface area contributed by atoms with Crippen LogP contribution < -0.4 is 0 Å². The molecule has 1 aromatic rings. The van der Waals surface area contributed by atoms with Crippen molar-refractivity contribution in [1.82, 2.24) is 24.6 Å². The van der Waals surface area contributed by atoms with Crippen LogP contribution in [0.25, 0.3) is 0 Å². The van der Waals surface area contributed by atoms with Gasteiger partial charge in [-0.1, -0.05) is 0 Å². The fourth-order valence-corrected chi connectivity index (χ4v) is 3.94. The smallest absolute Gasteiger partial charge is 0.230 e. The van der Waals surface area contributed by atoms with E-state index in [0.717, 1.165) is 57.8 Å². The maximum atomic E-state index is 12.9. The van der Waals surface area contributed by atoms with Crippen LogP contribution in [0.15, 0.2) is 6.33 Å². The molecule has 1 spiro atoms. The first kappa shape index (κ1) is 15.5. The Kier molecular flexibility index (Phi) is 4.21. The minimum atomic E-state index is -0.153. The standard InChI is InChI=1S/C16H27N5O/c1-4-21-14(17-12-18-21)10-19-9-7-16(11-19)6-5-8-20(13(2)3)15(16)22/h12-13H,4-11H2,1-3H3/t16-/m1/s1. The van der Waals surface area contributed by atoms with Gasteiger partial charge in [0, 0.05) is 25.7 Å². The summed E-state index contributed by atoms with van der Waals surface area (Å²) in [5, 5.41) is 4.23. The average Bonchev–Trinajstić information content (AvgIpc) is 3.10. The van der Waals surface area contributed by atoms with Crippen molar-refractivity contribution in [2.45, 2.75) is 59.2 Å². The molecule has 1 aromatic heterocycles. The van der Waals surface area contributed by atoms with E-state index in [1.54, 1.807) is 6.33 Å². The fourth-order valence-electron chi connectivity index (χ4n) is 3.94. The number of piperidine rings is 1. The van der Waals surface area contributed by atoms with Crippen LogP contribution in [-0.2, 0) is 17.9 Å². The van der Waals surface area contributed by atoms with Crippen LogP contribution in [0.3, 0.4) is 0 Å². The average molecular weight is 305 g/mol. The molecule has 1 amide bonds. The van der Waals surface area contributed by atoms with E-state index in [1.165, 1.54) is 0 Å². The van der Waals surface area contributed by atoms with Crippen LogP contribution in [0, 0.1) is 5.41 Å². The molecule has 0 aromatic carbocycles. The van der Waals surface area contributed by atoms with Gasteiger partial charge in [0.25, 0.3) is 0 Å². The van der Waals surface area contributed by atoms with Crippen molar-refractivity contribution in [3.8, 4) is 0 Å². The minimum absolute atomic E-state index is 0.153. The van der Waals surface area contributed by atoms with Crippen molar-refractivity contribution in [3.05, 3.63) is 12.2 Å². The molecule has 6 nitrogen and oxygen atoms in total. The van der Waals surface area contributed by atoms with E-state index in [9.17, 15) is 4.79 Å². The summed E-state index contributed by atoms with van der Waals surface area (Å²) < 4.78 is 1.94. The van der Waals surface area contributed by atoms with E-state index in [1.807, 2.05) is 4.68 Å². The Morgan fingerprint density at radius 3 is 2.86 bits per heavy atom. The van der Waals surface area contributed by atoms with Crippen LogP contribution >= 0.6 is 0 Å². The van der Waals surface area contributed by atoms with Crippen LogP contribution in [-0.4, -0.2) is 56.1 Å². The lowest BCUT2D eigenvalue weighted by molar-refractivity contribution is -0.147. The van der Waals surface area contributed by atoms with Gasteiger partial charge in [-0.15, -0.1) is 0 Å². The zero-order valence-electron chi connectivity index (χ0n) is 14.0. The molecule has 3 heterocycles. The Hall–Kier alpha value is -1.43. The predicted molar refractivity (Wildman–Crippen MR) is 84.1 cm³/mol. The van der Waals surface area contributed by atoms with Gasteiger partial charge < -0.3 is 4.90 Å². The highest BCUT2D eigenvalue weighted by Crippen LogP contribution is 2.40. The van der Waals surface area contributed by atoms with Crippen molar-refractivity contribution in [2.75, 3.05) is 19.6 Å².